The summed E-state index contributed by atoms with van der Waals surface area (Å²) in [5, 5.41) is 11.3. The molecule has 0 atom stereocenters. The van der Waals surface area contributed by atoms with Crippen LogP contribution in [0.5, 0.6) is 0 Å². The number of carbonyl (C=O) groups excluding carboxylic acids is 1. The number of nitrogens with zero attached hydrogens (tertiary/aromatic N) is 4. The fraction of sp³-hybridized carbons (Fsp3) is 0.538. The van der Waals surface area contributed by atoms with E-state index in [0.717, 1.165) is 41.5 Å². The van der Waals surface area contributed by atoms with E-state index in [1.165, 1.54) is 0 Å². The van der Waals surface area contributed by atoms with Crippen LogP contribution in [-0.4, -0.2) is 31.8 Å². The van der Waals surface area contributed by atoms with Gasteiger partial charge in [0.1, 0.15) is 4.88 Å². The van der Waals surface area contributed by atoms with E-state index in [9.17, 15) is 4.79 Å². The molecule has 0 saturated carbocycles. The van der Waals surface area contributed by atoms with Crippen molar-refractivity contribution in [2.24, 2.45) is 0 Å². The highest BCUT2D eigenvalue weighted by Gasteiger charge is 2.15. The zero-order valence-corrected chi connectivity index (χ0v) is 12.8. The van der Waals surface area contributed by atoms with Crippen LogP contribution in [0, 0.1) is 13.8 Å². The summed E-state index contributed by atoms with van der Waals surface area (Å²) in [6.45, 7) is 7.24. The number of hydrogen-bond acceptors (Lipinski definition) is 5. The summed E-state index contributed by atoms with van der Waals surface area (Å²) in [4.78, 5) is 12.7. The fourth-order valence-electron chi connectivity index (χ4n) is 2.04. The molecule has 0 saturated heterocycles. The molecule has 0 aliphatic heterocycles. The van der Waals surface area contributed by atoms with Gasteiger partial charge in [-0.3, -0.25) is 9.48 Å². The topological polar surface area (TPSA) is 72.7 Å². The van der Waals surface area contributed by atoms with Gasteiger partial charge in [0.15, 0.2) is 0 Å². The lowest BCUT2D eigenvalue weighted by Gasteiger charge is -2.06. The van der Waals surface area contributed by atoms with Gasteiger partial charge in [0.05, 0.1) is 17.9 Å². The first-order valence-corrected chi connectivity index (χ1v) is 7.49. The van der Waals surface area contributed by atoms with Gasteiger partial charge in [-0.15, -0.1) is 5.10 Å². The molecule has 2 heterocycles. The van der Waals surface area contributed by atoms with E-state index >= 15 is 0 Å². The third kappa shape index (κ3) is 3.41. The fourth-order valence-corrected chi connectivity index (χ4v) is 2.66. The van der Waals surface area contributed by atoms with E-state index in [1.807, 2.05) is 24.6 Å². The van der Waals surface area contributed by atoms with Crippen molar-refractivity contribution in [3.8, 4) is 0 Å². The van der Waals surface area contributed by atoms with Gasteiger partial charge in [0, 0.05) is 12.2 Å². The molecule has 6 nitrogen and oxygen atoms in total. The second kappa shape index (κ2) is 6.60. The Morgan fingerprint density at radius 3 is 2.90 bits per heavy atom. The van der Waals surface area contributed by atoms with Gasteiger partial charge in [-0.1, -0.05) is 17.8 Å². The third-order valence-corrected chi connectivity index (χ3v) is 3.73. The minimum absolute atomic E-state index is 0.0926. The number of nitrogens with one attached hydrogen (secondary N) is 1. The summed E-state index contributed by atoms with van der Waals surface area (Å²) in [7, 11) is 0. The molecule has 2 aromatic rings. The Hall–Kier alpha value is -1.76. The lowest BCUT2D eigenvalue weighted by molar-refractivity contribution is 0.0954. The van der Waals surface area contributed by atoms with Crippen molar-refractivity contribution in [1.82, 2.24) is 24.7 Å². The molecular weight excluding hydrogens is 274 g/mol. The molecule has 0 aromatic carbocycles. The van der Waals surface area contributed by atoms with Crippen LogP contribution in [0.3, 0.4) is 0 Å². The maximum Gasteiger partial charge on any atom is 0.265 e. The zero-order valence-electron chi connectivity index (χ0n) is 12.0. The smallest absolute Gasteiger partial charge is 0.265 e. The molecule has 0 aliphatic rings. The van der Waals surface area contributed by atoms with Crippen molar-refractivity contribution in [3.63, 3.8) is 0 Å². The van der Waals surface area contributed by atoms with Crippen LogP contribution in [0.25, 0.3) is 0 Å². The molecular formula is C13H19N5OS. The first-order valence-electron chi connectivity index (χ1n) is 6.72. The Morgan fingerprint density at radius 1 is 1.45 bits per heavy atom. The van der Waals surface area contributed by atoms with Crippen LogP contribution in [-0.2, 0) is 13.0 Å². The molecule has 1 amide bonds. The van der Waals surface area contributed by atoms with Gasteiger partial charge in [0.2, 0.25) is 0 Å². The number of aromatic nitrogens is 4. The second-order valence-electron chi connectivity index (χ2n) is 4.70. The highest BCUT2D eigenvalue weighted by Crippen LogP contribution is 2.12. The molecule has 0 radical (unpaired) electrons. The highest BCUT2D eigenvalue weighted by molar-refractivity contribution is 7.08. The van der Waals surface area contributed by atoms with E-state index < -0.39 is 0 Å². The quantitative estimate of drug-likeness (QED) is 0.880. The number of rotatable bonds is 6. The Morgan fingerprint density at radius 2 is 2.25 bits per heavy atom. The van der Waals surface area contributed by atoms with Crippen LogP contribution in [0.4, 0.5) is 0 Å². The highest BCUT2D eigenvalue weighted by atomic mass is 32.1. The second-order valence-corrected chi connectivity index (χ2v) is 5.46. The molecule has 2 rings (SSSR count). The van der Waals surface area contributed by atoms with Crippen LogP contribution >= 0.6 is 11.5 Å². The maximum absolute atomic E-state index is 12.1. The van der Waals surface area contributed by atoms with E-state index in [0.29, 0.717) is 18.0 Å². The molecule has 108 valence electrons. The zero-order chi connectivity index (χ0) is 14.5. The van der Waals surface area contributed by atoms with Crippen molar-refractivity contribution in [3.05, 3.63) is 28.0 Å². The summed E-state index contributed by atoms with van der Waals surface area (Å²) in [6.07, 6.45) is 1.74. The molecule has 0 fully saturated rings. The Bertz CT molecular complexity index is 589. The minimum Gasteiger partial charge on any atom is -0.349 e. The standard InChI is InChI=1S/C13H19N5OS/c1-4-5-11-12(20-17-15-11)13(19)14-6-7-18-10(3)8-9(2)16-18/h8H,4-7H2,1-3H3,(H,14,19). The Labute approximate surface area is 122 Å². The molecule has 0 bridgehead atoms. The first-order chi connectivity index (χ1) is 9.61. The summed E-state index contributed by atoms with van der Waals surface area (Å²) < 4.78 is 5.76. The number of aryl methyl sites for hydroxylation is 3. The Balaban J connectivity index is 1.89. The van der Waals surface area contributed by atoms with Crippen molar-refractivity contribution in [2.45, 2.75) is 40.2 Å². The molecule has 20 heavy (non-hydrogen) atoms. The first kappa shape index (κ1) is 14.6. The van der Waals surface area contributed by atoms with E-state index in [2.05, 4.69) is 26.9 Å². The van der Waals surface area contributed by atoms with Crippen LogP contribution in [0.15, 0.2) is 6.07 Å². The third-order valence-electron chi connectivity index (χ3n) is 2.96. The molecule has 7 heteroatoms. The SMILES string of the molecule is CCCc1nnsc1C(=O)NCCn1nc(C)cc1C. The molecule has 0 spiro atoms. The van der Waals surface area contributed by atoms with Crippen molar-refractivity contribution >= 4 is 17.4 Å². The Kier molecular flexibility index (Phi) is 4.84. The normalized spacial score (nSPS) is 10.8. The van der Waals surface area contributed by atoms with Gasteiger partial charge in [-0.05, 0) is 37.9 Å². The van der Waals surface area contributed by atoms with Crippen molar-refractivity contribution in [2.75, 3.05) is 6.54 Å². The van der Waals surface area contributed by atoms with Gasteiger partial charge >= 0.3 is 0 Å². The number of carbonyl (C=O) groups is 1. The summed E-state index contributed by atoms with van der Waals surface area (Å²) in [5.41, 5.74) is 2.88. The average molecular weight is 293 g/mol. The van der Waals surface area contributed by atoms with Gasteiger partial charge in [-0.25, -0.2) is 0 Å². The lowest BCUT2D eigenvalue weighted by Crippen LogP contribution is -2.27. The van der Waals surface area contributed by atoms with E-state index in [1.54, 1.807) is 0 Å². The molecule has 1 N–H and O–H groups in total. The number of hydrogen-bond donors (Lipinski definition) is 1. The molecule has 0 aliphatic carbocycles. The predicted molar refractivity (Wildman–Crippen MR) is 77.9 cm³/mol. The maximum atomic E-state index is 12.1. The summed E-state index contributed by atoms with van der Waals surface area (Å²) in [5.74, 6) is -0.0926. The van der Waals surface area contributed by atoms with E-state index in [-0.39, 0.29) is 5.91 Å². The molecule has 2 aromatic heterocycles. The van der Waals surface area contributed by atoms with Crippen LogP contribution < -0.4 is 5.32 Å². The van der Waals surface area contributed by atoms with Gasteiger partial charge in [-0.2, -0.15) is 5.10 Å². The molecule has 0 unspecified atom stereocenters. The monoisotopic (exact) mass is 293 g/mol. The number of amides is 1. The van der Waals surface area contributed by atoms with Gasteiger partial charge < -0.3 is 5.32 Å². The summed E-state index contributed by atoms with van der Waals surface area (Å²) in [6, 6.07) is 2.02. The van der Waals surface area contributed by atoms with Crippen molar-refractivity contribution in [1.29, 1.82) is 0 Å². The van der Waals surface area contributed by atoms with Crippen LogP contribution in [0.1, 0.15) is 40.1 Å². The van der Waals surface area contributed by atoms with E-state index in [4.69, 9.17) is 0 Å². The largest absolute Gasteiger partial charge is 0.349 e. The predicted octanol–water partition coefficient (Wildman–Crippen LogP) is 1.73. The lowest BCUT2D eigenvalue weighted by atomic mass is 10.2. The summed E-state index contributed by atoms with van der Waals surface area (Å²) >= 11 is 1.16. The average Bonchev–Trinajstić information content (AvgIpc) is 2.97. The van der Waals surface area contributed by atoms with Crippen LogP contribution in [0.2, 0.25) is 0 Å². The van der Waals surface area contributed by atoms with Crippen molar-refractivity contribution < 1.29 is 4.79 Å². The van der Waals surface area contributed by atoms with Gasteiger partial charge in [0.25, 0.3) is 5.91 Å². The minimum atomic E-state index is -0.0926.